The van der Waals surface area contributed by atoms with Crippen LogP contribution in [0.5, 0.6) is 0 Å². The highest BCUT2D eigenvalue weighted by Gasteiger charge is 2.35. The summed E-state index contributed by atoms with van der Waals surface area (Å²) >= 11 is 0. The Morgan fingerprint density at radius 3 is 2.25 bits per heavy atom. The highest BCUT2D eigenvalue weighted by atomic mass is 16.7. The van der Waals surface area contributed by atoms with Crippen LogP contribution in [0.25, 0.3) is 0 Å². The third-order valence-corrected chi connectivity index (χ3v) is 4.52. The molecule has 1 aliphatic rings. The molecule has 9 nitrogen and oxygen atoms in total. The topological polar surface area (TPSA) is 109 Å². The van der Waals surface area contributed by atoms with Crippen LogP contribution in [0.1, 0.15) is 26.3 Å². The van der Waals surface area contributed by atoms with E-state index in [1.165, 1.54) is 12.1 Å². The van der Waals surface area contributed by atoms with Crippen LogP contribution in [0.4, 0.5) is 0 Å². The Hall–Kier alpha value is -3.46. The summed E-state index contributed by atoms with van der Waals surface area (Å²) < 4.78 is 0. The number of imide groups is 1. The number of carbonyl (C=O) groups excluding carboxylic acids is 2. The molecular weight excluding hydrogens is 364 g/mol. The summed E-state index contributed by atoms with van der Waals surface area (Å²) in [5.74, 6) is -1.00. The van der Waals surface area contributed by atoms with Crippen molar-refractivity contribution in [3.63, 3.8) is 0 Å². The summed E-state index contributed by atoms with van der Waals surface area (Å²) in [5.41, 5.74) is 1.53. The van der Waals surface area contributed by atoms with Crippen LogP contribution in [0.2, 0.25) is 0 Å². The average molecular weight is 384 g/mol. The standard InChI is InChI=1S/C19H20N4O5/c1-21(15(12-24)11-14-7-3-2-4-8-14)23(27)20-28-13-22-18(25)16-9-5-6-10-17(16)19(22)26/h2-10,15,24H,11-13H2,1H3. The van der Waals surface area contributed by atoms with E-state index in [9.17, 15) is 19.9 Å². The van der Waals surface area contributed by atoms with E-state index in [-0.39, 0.29) is 22.7 Å². The van der Waals surface area contributed by atoms with Crippen LogP contribution in [-0.2, 0) is 11.3 Å². The van der Waals surface area contributed by atoms with Crippen LogP contribution in [0.15, 0.2) is 59.9 Å². The van der Waals surface area contributed by atoms with Gasteiger partial charge in [0.2, 0.25) is 12.0 Å². The molecule has 0 saturated carbocycles. The van der Waals surface area contributed by atoms with Gasteiger partial charge in [-0.3, -0.25) is 9.59 Å². The van der Waals surface area contributed by atoms with Gasteiger partial charge < -0.3 is 15.2 Å². The molecule has 0 saturated heterocycles. The second kappa shape index (κ2) is 8.49. The molecule has 9 heteroatoms. The van der Waals surface area contributed by atoms with Gasteiger partial charge in [0.15, 0.2) is 0 Å². The summed E-state index contributed by atoms with van der Waals surface area (Å²) in [7, 11) is 1.46. The Morgan fingerprint density at radius 1 is 1.11 bits per heavy atom. The Kier molecular flexibility index (Phi) is 5.85. The van der Waals surface area contributed by atoms with Gasteiger partial charge in [0.1, 0.15) is 6.04 Å². The molecule has 3 rings (SSSR count). The lowest BCUT2D eigenvalue weighted by Gasteiger charge is -2.22. The van der Waals surface area contributed by atoms with Gasteiger partial charge in [-0.15, -0.1) is 5.01 Å². The lowest BCUT2D eigenvalue weighted by atomic mass is 10.1. The fourth-order valence-corrected chi connectivity index (χ4v) is 2.89. The van der Waals surface area contributed by atoms with Crippen molar-refractivity contribution in [2.45, 2.75) is 12.5 Å². The number of aliphatic hydroxyl groups excluding tert-OH is 1. The lowest BCUT2D eigenvalue weighted by Crippen LogP contribution is -2.41. The zero-order chi connectivity index (χ0) is 20.1. The monoisotopic (exact) mass is 384 g/mol. The maximum absolute atomic E-state index is 12.2. The van der Waals surface area contributed by atoms with Gasteiger partial charge in [-0.25, -0.2) is 4.90 Å². The zero-order valence-corrected chi connectivity index (χ0v) is 15.3. The minimum Gasteiger partial charge on any atom is -0.569 e. The van der Waals surface area contributed by atoms with Crippen molar-refractivity contribution in [3.8, 4) is 0 Å². The number of rotatable bonds is 8. The first-order valence-corrected chi connectivity index (χ1v) is 8.66. The molecule has 0 aromatic heterocycles. The molecule has 2 amide bonds. The maximum atomic E-state index is 12.2. The van der Waals surface area contributed by atoms with Crippen molar-refractivity contribution in [3.05, 3.63) is 76.5 Å². The zero-order valence-electron chi connectivity index (χ0n) is 15.3. The number of hydrazine groups is 1. The quantitative estimate of drug-likeness (QED) is 0.320. The molecule has 2 aromatic carbocycles. The SMILES string of the molecule is CN(C(CO)Cc1ccccc1)[N+]([O-])=NOCN1C(=O)c2ccccc2C1=O. The first kappa shape index (κ1) is 19.3. The van der Waals surface area contributed by atoms with Gasteiger partial charge in [0, 0.05) is 6.42 Å². The third kappa shape index (κ3) is 3.94. The van der Waals surface area contributed by atoms with Crippen molar-refractivity contribution < 1.29 is 24.5 Å². The first-order chi connectivity index (χ1) is 13.5. The highest BCUT2D eigenvalue weighted by Crippen LogP contribution is 2.22. The molecule has 0 fully saturated rings. The number of hydrogen-bond donors (Lipinski definition) is 1. The van der Waals surface area contributed by atoms with Crippen molar-refractivity contribution >= 4 is 11.8 Å². The number of amides is 2. The highest BCUT2D eigenvalue weighted by molar-refractivity contribution is 6.21. The Bertz CT molecular complexity index is 852. The molecule has 1 N–H and O–H groups in total. The lowest BCUT2D eigenvalue weighted by molar-refractivity contribution is -0.713. The number of fused-ring (bicyclic) bond motifs is 1. The molecule has 1 heterocycles. The van der Waals surface area contributed by atoms with Crippen molar-refractivity contribution in [2.24, 2.45) is 5.28 Å². The van der Waals surface area contributed by atoms with E-state index < -0.39 is 24.6 Å². The third-order valence-electron chi connectivity index (χ3n) is 4.52. The summed E-state index contributed by atoms with van der Waals surface area (Å²) in [6.07, 6.45) is 0.431. The number of hydrogen-bond acceptors (Lipinski definition) is 6. The normalized spacial score (nSPS) is 14.8. The second-order valence-electron chi connectivity index (χ2n) is 6.28. The van der Waals surface area contributed by atoms with Crippen molar-refractivity contribution in [1.82, 2.24) is 9.91 Å². The molecule has 0 spiro atoms. The molecule has 1 atom stereocenters. The first-order valence-electron chi connectivity index (χ1n) is 8.66. The fourth-order valence-electron chi connectivity index (χ4n) is 2.89. The molecule has 1 unspecified atom stereocenters. The summed E-state index contributed by atoms with van der Waals surface area (Å²) in [6, 6.07) is 15.3. The van der Waals surface area contributed by atoms with Gasteiger partial charge >= 0.3 is 0 Å². The largest absolute Gasteiger partial charge is 0.569 e. The Labute approximate surface area is 161 Å². The molecule has 1 aliphatic heterocycles. The summed E-state index contributed by atoms with van der Waals surface area (Å²) in [5, 5.41) is 26.3. The van der Waals surface area contributed by atoms with Gasteiger partial charge in [-0.05, 0) is 17.7 Å². The van der Waals surface area contributed by atoms with E-state index in [1.54, 1.807) is 24.3 Å². The number of carbonyl (C=O) groups is 2. The van der Waals surface area contributed by atoms with Gasteiger partial charge in [0.05, 0.1) is 29.8 Å². The Morgan fingerprint density at radius 2 is 1.68 bits per heavy atom. The number of benzene rings is 2. The molecule has 2 aromatic rings. The van der Waals surface area contributed by atoms with E-state index in [0.29, 0.717) is 6.42 Å². The Balaban J connectivity index is 1.59. The van der Waals surface area contributed by atoms with E-state index >= 15 is 0 Å². The summed E-state index contributed by atoms with van der Waals surface area (Å²) in [4.78, 5) is 30.4. The van der Waals surface area contributed by atoms with E-state index in [1.807, 2.05) is 30.3 Å². The fraction of sp³-hybridized carbons (Fsp3) is 0.263. The van der Waals surface area contributed by atoms with Crippen LogP contribution in [-0.4, -0.2) is 58.2 Å². The number of aliphatic hydroxyl groups is 1. The second-order valence-corrected chi connectivity index (χ2v) is 6.28. The maximum Gasteiger partial charge on any atom is 0.264 e. The molecule has 0 aliphatic carbocycles. The average Bonchev–Trinajstić information content (AvgIpc) is 2.97. The van der Waals surface area contributed by atoms with E-state index in [0.717, 1.165) is 10.5 Å². The van der Waals surface area contributed by atoms with Gasteiger partial charge in [-0.2, -0.15) is 0 Å². The minimum absolute atomic E-state index is 0.183. The predicted molar refractivity (Wildman–Crippen MR) is 97.7 cm³/mol. The summed E-state index contributed by atoms with van der Waals surface area (Å²) in [6.45, 7) is -0.751. The van der Waals surface area contributed by atoms with Gasteiger partial charge in [-0.1, -0.05) is 42.5 Å². The van der Waals surface area contributed by atoms with E-state index in [4.69, 9.17) is 4.84 Å². The predicted octanol–water partition coefficient (Wildman–Crippen LogP) is 1.58. The minimum atomic E-state index is -0.522. The van der Waals surface area contributed by atoms with Crippen LogP contribution >= 0.6 is 0 Å². The van der Waals surface area contributed by atoms with Gasteiger partial charge in [0.25, 0.3) is 11.8 Å². The number of nitrogens with zero attached hydrogens (tertiary/aromatic N) is 4. The van der Waals surface area contributed by atoms with Crippen LogP contribution in [0.3, 0.4) is 0 Å². The molecule has 28 heavy (non-hydrogen) atoms. The molecule has 0 radical (unpaired) electrons. The molecule has 146 valence electrons. The van der Waals surface area contributed by atoms with E-state index in [2.05, 4.69) is 5.28 Å². The van der Waals surface area contributed by atoms with Crippen molar-refractivity contribution in [1.29, 1.82) is 0 Å². The number of likely N-dealkylation sites (N-methyl/N-ethyl adjacent to an activating group) is 1. The van der Waals surface area contributed by atoms with Crippen molar-refractivity contribution in [2.75, 3.05) is 20.4 Å². The molecular formula is C19H20N4O5. The van der Waals surface area contributed by atoms with Crippen LogP contribution in [0, 0.1) is 5.21 Å². The molecule has 0 bridgehead atoms. The smallest absolute Gasteiger partial charge is 0.264 e. The van der Waals surface area contributed by atoms with Crippen LogP contribution < -0.4 is 0 Å².